The summed E-state index contributed by atoms with van der Waals surface area (Å²) in [5, 5.41) is 5.18. The van der Waals surface area contributed by atoms with Crippen molar-refractivity contribution in [1.82, 2.24) is 14.9 Å². The van der Waals surface area contributed by atoms with Crippen LogP contribution in [0.25, 0.3) is 33.6 Å². The fourth-order valence-corrected chi connectivity index (χ4v) is 3.88. The van der Waals surface area contributed by atoms with E-state index in [0.29, 0.717) is 12.2 Å². The van der Waals surface area contributed by atoms with Crippen LogP contribution in [0, 0.1) is 0 Å². The van der Waals surface area contributed by atoms with Crippen molar-refractivity contribution >= 4 is 39.5 Å². The van der Waals surface area contributed by atoms with Crippen LogP contribution < -0.4 is 11.1 Å². The van der Waals surface area contributed by atoms with E-state index >= 15 is 0 Å². The number of hydrogen-bond acceptors (Lipinski definition) is 3. The second-order valence-electron chi connectivity index (χ2n) is 7.60. The Labute approximate surface area is 185 Å². The van der Waals surface area contributed by atoms with Crippen molar-refractivity contribution in [1.29, 1.82) is 0 Å². The quantitative estimate of drug-likeness (QED) is 0.308. The summed E-state index contributed by atoms with van der Waals surface area (Å²) in [6.07, 6.45) is 5.16. The monoisotopic (exact) mass is 418 g/mol. The predicted molar refractivity (Wildman–Crippen MR) is 130 cm³/mol. The van der Waals surface area contributed by atoms with E-state index < -0.39 is 0 Å². The third-order valence-corrected chi connectivity index (χ3v) is 5.44. The van der Waals surface area contributed by atoms with Gasteiger partial charge in [-0.05, 0) is 48.0 Å². The molecule has 3 aromatic carbocycles. The fraction of sp³-hybridized carbons (Fsp3) is 0.0370. The molecule has 156 valence electrons. The van der Waals surface area contributed by atoms with E-state index in [0.717, 1.165) is 38.8 Å². The number of rotatable bonds is 5. The number of aromatic nitrogens is 2. The van der Waals surface area contributed by atoms with Gasteiger partial charge < -0.3 is 15.6 Å². The summed E-state index contributed by atoms with van der Waals surface area (Å²) in [7, 11) is 0. The molecule has 0 radical (unpaired) electrons. The number of nitrogens with one attached hydrogen (secondary N) is 1. The highest BCUT2D eigenvalue weighted by atomic mass is 16.1. The zero-order valence-electron chi connectivity index (χ0n) is 17.4. The van der Waals surface area contributed by atoms with E-state index in [4.69, 9.17) is 5.73 Å². The summed E-state index contributed by atoms with van der Waals surface area (Å²) >= 11 is 0. The molecular weight excluding hydrogens is 396 g/mol. The average molecular weight is 419 g/mol. The van der Waals surface area contributed by atoms with Crippen LogP contribution in [0.15, 0.2) is 97.2 Å². The number of hydrogen-bond donors (Lipinski definition) is 2. The van der Waals surface area contributed by atoms with Crippen LogP contribution in [0.2, 0.25) is 0 Å². The summed E-state index contributed by atoms with van der Waals surface area (Å²) in [6.45, 7) is 0.353. The van der Waals surface area contributed by atoms with Gasteiger partial charge in [0.2, 0.25) is 5.91 Å². The smallest absolute Gasteiger partial charge is 0.244 e. The summed E-state index contributed by atoms with van der Waals surface area (Å²) in [5.41, 5.74) is 11.4. The molecule has 0 atom stereocenters. The highest BCUT2D eigenvalue weighted by Gasteiger charge is 2.13. The number of anilines is 1. The predicted octanol–water partition coefficient (Wildman–Crippen LogP) is 5.09. The third kappa shape index (κ3) is 3.84. The Kier molecular flexibility index (Phi) is 5.14. The largest absolute Gasteiger partial charge is 0.399 e. The molecule has 3 N–H and O–H groups in total. The molecule has 1 amide bonds. The lowest BCUT2D eigenvalue weighted by Gasteiger charge is -2.07. The van der Waals surface area contributed by atoms with Crippen molar-refractivity contribution in [3.63, 3.8) is 0 Å². The number of carbonyl (C=O) groups is 1. The van der Waals surface area contributed by atoms with Gasteiger partial charge in [0.1, 0.15) is 0 Å². The van der Waals surface area contributed by atoms with Crippen LogP contribution in [0.5, 0.6) is 0 Å². The molecule has 0 saturated carbocycles. The highest BCUT2D eigenvalue weighted by molar-refractivity contribution is 6.09. The molecule has 5 nitrogen and oxygen atoms in total. The van der Waals surface area contributed by atoms with Crippen molar-refractivity contribution in [2.45, 2.75) is 6.54 Å². The molecular formula is C27H22N4O. The van der Waals surface area contributed by atoms with Gasteiger partial charge in [0.15, 0.2) is 0 Å². The van der Waals surface area contributed by atoms with Gasteiger partial charge >= 0.3 is 0 Å². The normalized spacial score (nSPS) is 11.4. The van der Waals surface area contributed by atoms with Crippen molar-refractivity contribution in [3.8, 4) is 5.69 Å². The number of carbonyl (C=O) groups excluding carboxylic acids is 1. The minimum Gasteiger partial charge on any atom is -0.399 e. The molecule has 0 spiro atoms. The zero-order valence-corrected chi connectivity index (χ0v) is 17.4. The minimum absolute atomic E-state index is 0.171. The van der Waals surface area contributed by atoms with E-state index in [9.17, 15) is 4.79 Å². The number of amides is 1. The van der Waals surface area contributed by atoms with Gasteiger partial charge in [-0.3, -0.25) is 9.78 Å². The van der Waals surface area contributed by atoms with Crippen LogP contribution in [-0.4, -0.2) is 15.5 Å². The summed E-state index contributed by atoms with van der Waals surface area (Å²) in [4.78, 5) is 16.9. The number of nitrogens with zero attached hydrogens (tertiary/aromatic N) is 2. The van der Waals surface area contributed by atoms with Gasteiger partial charge in [-0.25, -0.2) is 0 Å². The number of fused-ring (bicyclic) bond motifs is 3. The Morgan fingerprint density at radius 2 is 1.66 bits per heavy atom. The first kappa shape index (κ1) is 19.6. The molecule has 0 unspecified atom stereocenters. The Balaban J connectivity index is 1.41. The number of pyridine rings is 1. The molecule has 5 aromatic rings. The zero-order chi connectivity index (χ0) is 21.9. The Morgan fingerprint density at radius 1 is 0.906 bits per heavy atom. The highest BCUT2D eigenvalue weighted by Crippen LogP contribution is 2.31. The molecule has 32 heavy (non-hydrogen) atoms. The lowest BCUT2D eigenvalue weighted by molar-refractivity contribution is -0.116. The van der Waals surface area contributed by atoms with Crippen molar-refractivity contribution in [3.05, 3.63) is 108 Å². The molecule has 5 rings (SSSR count). The number of nitrogens with two attached hydrogens (primary N) is 1. The van der Waals surface area contributed by atoms with Gasteiger partial charge in [0.05, 0.1) is 29.5 Å². The maximum atomic E-state index is 12.3. The average Bonchev–Trinajstić information content (AvgIpc) is 3.17. The first-order valence-electron chi connectivity index (χ1n) is 10.4. The molecule has 0 saturated heterocycles. The molecule has 0 aliphatic heterocycles. The van der Waals surface area contributed by atoms with Crippen LogP contribution in [0.3, 0.4) is 0 Å². The molecule has 0 aliphatic rings. The second kappa shape index (κ2) is 8.40. The topological polar surface area (TPSA) is 72.9 Å². The van der Waals surface area contributed by atoms with E-state index in [1.165, 1.54) is 6.08 Å². The van der Waals surface area contributed by atoms with Crippen molar-refractivity contribution in [2.75, 3.05) is 5.73 Å². The lowest BCUT2D eigenvalue weighted by atomic mass is 10.1. The molecule has 0 bridgehead atoms. The standard InChI is InChI=1S/C27H22N4O/c28-20-13-10-19(11-14-20)12-15-27(32)30-17-21-16-24-23-8-4-5-9-25(23)31(26(24)18-29-21)22-6-2-1-3-7-22/h1-16,18H,17,28H2,(H,30,32)/b15-12+. The summed E-state index contributed by atoms with van der Waals surface area (Å²) in [5.74, 6) is -0.171. The summed E-state index contributed by atoms with van der Waals surface area (Å²) < 4.78 is 2.22. The van der Waals surface area contributed by atoms with Gasteiger partial charge in [-0.15, -0.1) is 0 Å². The van der Waals surface area contributed by atoms with E-state index in [1.807, 2.05) is 60.8 Å². The molecule has 2 aromatic heterocycles. The maximum absolute atomic E-state index is 12.3. The van der Waals surface area contributed by atoms with Crippen LogP contribution in [0.1, 0.15) is 11.3 Å². The molecule has 2 heterocycles. The maximum Gasteiger partial charge on any atom is 0.244 e. The number of benzene rings is 3. The number of nitrogen functional groups attached to an aromatic ring is 1. The fourth-order valence-electron chi connectivity index (χ4n) is 3.88. The van der Waals surface area contributed by atoms with Gasteiger partial charge in [0, 0.05) is 28.2 Å². The Bertz CT molecular complexity index is 1430. The molecule has 5 heteroatoms. The van der Waals surface area contributed by atoms with E-state index in [2.05, 4.69) is 45.2 Å². The SMILES string of the molecule is Nc1ccc(/C=C/C(=O)NCc2cc3c4ccccc4n(-c4ccccc4)c3cn2)cc1. The molecule has 0 aliphatic carbocycles. The Morgan fingerprint density at radius 3 is 2.47 bits per heavy atom. The second-order valence-corrected chi connectivity index (χ2v) is 7.60. The first-order valence-corrected chi connectivity index (χ1v) is 10.4. The van der Waals surface area contributed by atoms with Crippen LogP contribution in [0.4, 0.5) is 5.69 Å². The van der Waals surface area contributed by atoms with Gasteiger partial charge in [-0.2, -0.15) is 0 Å². The van der Waals surface area contributed by atoms with Crippen LogP contribution in [-0.2, 0) is 11.3 Å². The Hall–Kier alpha value is -4.38. The van der Waals surface area contributed by atoms with Crippen molar-refractivity contribution < 1.29 is 4.79 Å². The van der Waals surface area contributed by atoms with Gasteiger partial charge in [-0.1, -0.05) is 48.5 Å². The summed E-state index contributed by atoms with van der Waals surface area (Å²) in [6, 6.07) is 28.0. The van der Waals surface area contributed by atoms with E-state index in [-0.39, 0.29) is 5.91 Å². The van der Waals surface area contributed by atoms with Gasteiger partial charge in [0.25, 0.3) is 0 Å². The minimum atomic E-state index is -0.171. The van der Waals surface area contributed by atoms with E-state index in [1.54, 1.807) is 6.08 Å². The van der Waals surface area contributed by atoms with Crippen molar-refractivity contribution in [2.24, 2.45) is 0 Å². The first-order chi connectivity index (χ1) is 15.7. The number of para-hydroxylation sites is 2. The lowest BCUT2D eigenvalue weighted by Crippen LogP contribution is -2.20. The van der Waals surface area contributed by atoms with Crippen LogP contribution >= 0.6 is 0 Å². The third-order valence-electron chi connectivity index (χ3n) is 5.44. The molecule has 0 fully saturated rings.